The van der Waals surface area contributed by atoms with Crippen molar-refractivity contribution < 1.29 is 14.3 Å². The Morgan fingerprint density at radius 1 is 1.33 bits per heavy atom. The lowest BCUT2D eigenvalue weighted by atomic mass is 9.92. The number of ether oxygens (including phenoxy) is 1. The predicted octanol–water partition coefficient (Wildman–Crippen LogP) is 2.33. The maximum absolute atomic E-state index is 11.5. The Morgan fingerprint density at radius 3 is 2.20 bits per heavy atom. The van der Waals surface area contributed by atoms with Crippen LogP contribution in [0.3, 0.4) is 0 Å². The van der Waals surface area contributed by atoms with Crippen molar-refractivity contribution in [1.29, 1.82) is 0 Å². The number of carbonyl (C=O) groups excluding carboxylic acids is 2. The van der Waals surface area contributed by atoms with Crippen molar-refractivity contribution >= 4 is 23.4 Å². The van der Waals surface area contributed by atoms with E-state index in [1.807, 2.05) is 20.8 Å². The molecule has 3 nitrogen and oxygen atoms in total. The maximum Gasteiger partial charge on any atom is 0.341 e. The molecule has 0 atom stereocenters. The van der Waals surface area contributed by atoms with Crippen LogP contribution in [0, 0.1) is 5.41 Å². The molecule has 0 unspecified atom stereocenters. The SMILES string of the molecule is CCOC(=O)/C(=C\C(C)(C)C)C(=O)CCl. The first kappa shape index (κ1) is 14.2. The summed E-state index contributed by atoms with van der Waals surface area (Å²) in [6.45, 7) is 7.63. The molecule has 0 aliphatic carbocycles. The van der Waals surface area contributed by atoms with E-state index in [9.17, 15) is 9.59 Å². The summed E-state index contributed by atoms with van der Waals surface area (Å²) in [6, 6.07) is 0. The van der Waals surface area contributed by atoms with Gasteiger partial charge in [-0.25, -0.2) is 4.79 Å². The van der Waals surface area contributed by atoms with E-state index in [-0.39, 0.29) is 23.5 Å². The van der Waals surface area contributed by atoms with Gasteiger partial charge in [-0.2, -0.15) is 0 Å². The topological polar surface area (TPSA) is 43.4 Å². The van der Waals surface area contributed by atoms with Gasteiger partial charge in [0.2, 0.25) is 0 Å². The van der Waals surface area contributed by atoms with Crippen LogP contribution in [0.2, 0.25) is 0 Å². The Bertz CT molecular complexity index is 274. The Labute approximate surface area is 95.4 Å². The van der Waals surface area contributed by atoms with E-state index in [1.165, 1.54) is 0 Å². The quantitative estimate of drug-likeness (QED) is 0.246. The van der Waals surface area contributed by atoms with Gasteiger partial charge < -0.3 is 4.74 Å². The number of alkyl halides is 1. The monoisotopic (exact) mass is 232 g/mol. The molecule has 0 heterocycles. The zero-order valence-electron chi connectivity index (χ0n) is 9.59. The highest BCUT2D eigenvalue weighted by Gasteiger charge is 2.21. The molecule has 0 aromatic carbocycles. The third-order valence-corrected chi connectivity index (χ3v) is 1.74. The van der Waals surface area contributed by atoms with E-state index in [1.54, 1.807) is 13.0 Å². The average molecular weight is 233 g/mol. The second kappa shape index (κ2) is 5.91. The van der Waals surface area contributed by atoms with Crippen LogP contribution in [-0.4, -0.2) is 24.2 Å². The molecule has 86 valence electrons. The van der Waals surface area contributed by atoms with Crippen LogP contribution >= 0.6 is 11.6 Å². The number of ketones is 1. The summed E-state index contributed by atoms with van der Waals surface area (Å²) < 4.78 is 4.79. The van der Waals surface area contributed by atoms with E-state index in [4.69, 9.17) is 16.3 Å². The van der Waals surface area contributed by atoms with Gasteiger partial charge >= 0.3 is 5.97 Å². The second-order valence-electron chi connectivity index (χ2n) is 4.20. The maximum atomic E-state index is 11.5. The van der Waals surface area contributed by atoms with Gasteiger partial charge in [-0.05, 0) is 12.3 Å². The standard InChI is InChI=1S/C11H17ClO3/c1-5-15-10(14)8(9(13)7-12)6-11(2,3)4/h6H,5,7H2,1-4H3/b8-6-. The molecule has 0 fully saturated rings. The van der Waals surface area contributed by atoms with E-state index in [0.29, 0.717) is 0 Å². The minimum Gasteiger partial charge on any atom is -0.462 e. The van der Waals surface area contributed by atoms with Crippen LogP contribution < -0.4 is 0 Å². The molecule has 0 spiro atoms. The fourth-order valence-electron chi connectivity index (χ4n) is 0.967. The summed E-state index contributed by atoms with van der Waals surface area (Å²) >= 11 is 5.42. The van der Waals surface area contributed by atoms with Crippen LogP contribution in [-0.2, 0) is 14.3 Å². The van der Waals surface area contributed by atoms with Crippen LogP contribution in [0.5, 0.6) is 0 Å². The largest absolute Gasteiger partial charge is 0.462 e. The number of Topliss-reactive ketones (excluding diaryl/α,β-unsaturated/α-hetero) is 1. The van der Waals surface area contributed by atoms with E-state index in [0.717, 1.165) is 0 Å². The first-order valence-electron chi connectivity index (χ1n) is 4.81. The fourth-order valence-corrected chi connectivity index (χ4v) is 1.11. The minimum atomic E-state index is -0.599. The smallest absolute Gasteiger partial charge is 0.341 e. The molecule has 0 aromatic heterocycles. The van der Waals surface area contributed by atoms with Crippen LogP contribution in [0.4, 0.5) is 0 Å². The van der Waals surface area contributed by atoms with Gasteiger partial charge in [0.15, 0.2) is 5.78 Å². The van der Waals surface area contributed by atoms with E-state index < -0.39 is 11.8 Å². The number of carbonyl (C=O) groups is 2. The summed E-state index contributed by atoms with van der Waals surface area (Å²) in [6.07, 6.45) is 1.59. The number of esters is 1. The molecule has 0 aromatic rings. The van der Waals surface area contributed by atoms with Crippen molar-refractivity contribution in [2.75, 3.05) is 12.5 Å². The van der Waals surface area contributed by atoms with Gasteiger partial charge in [0.25, 0.3) is 0 Å². The third-order valence-electron chi connectivity index (χ3n) is 1.49. The normalized spacial score (nSPS) is 12.5. The summed E-state index contributed by atoms with van der Waals surface area (Å²) in [7, 11) is 0. The molecule has 0 saturated carbocycles. The molecule has 0 radical (unpaired) electrons. The Balaban J connectivity index is 4.98. The van der Waals surface area contributed by atoms with Gasteiger partial charge in [-0.1, -0.05) is 26.8 Å². The molecule has 4 heteroatoms. The minimum absolute atomic E-state index is 0.0411. The van der Waals surface area contributed by atoms with E-state index >= 15 is 0 Å². The summed E-state index contributed by atoms with van der Waals surface area (Å²) in [5.41, 5.74) is -0.219. The van der Waals surface area contributed by atoms with Gasteiger partial charge in [0.1, 0.15) is 5.57 Å². The molecule has 0 bridgehead atoms. The molecule has 0 aliphatic heterocycles. The fraction of sp³-hybridized carbons (Fsp3) is 0.636. The van der Waals surface area contributed by atoms with Gasteiger partial charge in [0, 0.05) is 0 Å². The summed E-state index contributed by atoms with van der Waals surface area (Å²) in [5.74, 6) is -1.20. The zero-order chi connectivity index (χ0) is 12.1. The van der Waals surface area contributed by atoms with Crippen LogP contribution in [0.15, 0.2) is 11.6 Å². The molecule has 0 amide bonds. The number of hydrogen-bond donors (Lipinski definition) is 0. The van der Waals surface area contributed by atoms with Crippen molar-refractivity contribution in [3.8, 4) is 0 Å². The summed E-state index contributed by atoms with van der Waals surface area (Å²) in [4.78, 5) is 22.9. The molecule has 0 rings (SSSR count). The highest BCUT2D eigenvalue weighted by atomic mass is 35.5. The van der Waals surface area contributed by atoms with E-state index in [2.05, 4.69) is 0 Å². The van der Waals surface area contributed by atoms with Gasteiger partial charge in [-0.3, -0.25) is 4.79 Å². The first-order valence-corrected chi connectivity index (χ1v) is 5.34. The number of allylic oxidation sites excluding steroid dienone is 1. The lowest BCUT2D eigenvalue weighted by molar-refractivity contribution is -0.139. The molecular formula is C11H17ClO3. The Hall–Kier alpha value is -0.830. The first-order chi connectivity index (χ1) is 6.81. The Morgan fingerprint density at radius 2 is 1.87 bits per heavy atom. The second-order valence-corrected chi connectivity index (χ2v) is 4.47. The van der Waals surface area contributed by atoms with Crippen molar-refractivity contribution in [2.45, 2.75) is 27.7 Å². The molecular weight excluding hydrogens is 216 g/mol. The predicted molar refractivity (Wildman–Crippen MR) is 59.9 cm³/mol. The van der Waals surface area contributed by atoms with Crippen LogP contribution in [0.25, 0.3) is 0 Å². The zero-order valence-corrected chi connectivity index (χ0v) is 10.4. The molecule has 15 heavy (non-hydrogen) atoms. The number of halogens is 1. The summed E-state index contributed by atoms with van der Waals surface area (Å²) in [5, 5.41) is 0. The van der Waals surface area contributed by atoms with Crippen molar-refractivity contribution in [2.24, 2.45) is 5.41 Å². The number of rotatable bonds is 4. The number of hydrogen-bond acceptors (Lipinski definition) is 3. The highest BCUT2D eigenvalue weighted by molar-refractivity contribution is 6.34. The highest BCUT2D eigenvalue weighted by Crippen LogP contribution is 2.19. The van der Waals surface area contributed by atoms with Crippen molar-refractivity contribution in [1.82, 2.24) is 0 Å². The van der Waals surface area contributed by atoms with Crippen molar-refractivity contribution in [3.63, 3.8) is 0 Å². The lowest BCUT2D eigenvalue weighted by Gasteiger charge is -2.14. The third kappa shape index (κ3) is 5.57. The van der Waals surface area contributed by atoms with Gasteiger partial charge in [-0.15, -0.1) is 11.6 Å². The molecule has 0 N–H and O–H groups in total. The van der Waals surface area contributed by atoms with Gasteiger partial charge in [0.05, 0.1) is 12.5 Å². The lowest BCUT2D eigenvalue weighted by Crippen LogP contribution is -2.19. The molecule has 0 aliphatic rings. The van der Waals surface area contributed by atoms with Crippen LogP contribution in [0.1, 0.15) is 27.7 Å². The molecule has 0 saturated heterocycles. The van der Waals surface area contributed by atoms with Crippen molar-refractivity contribution in [3.05, 3.63) is 11.6 Å². The Kier molecular flexibility index (Phi) is 5.58. The average Bonchev–Trinajstić information content (AvgIpc) is 2.12.